The van der Waals surface area contributed by atoms with Crippen LogP contribution in [0.3, 0.4) is 0 Å². The molecule has 4 nitrogen and oxygen atoms in total. The molecule has 1 amide bonds. The zero-order valence-corrected chi connectivity index (χ0v) is 14.5. The van der Waals surface area contributed by atoms with Crippen LogP contribution in [0.15, 0.2) is 60.7 Å². The van der Waals surface area contributed by atoms with E-state index in [4.69, 9.17) is 5.73 Å². The molecule has 0 aromatic heterocycles. The van der Waals surface area contributed by atoms with Crippen LogP contribution in [0, 0.1) is 0 Å². The summed E-state index contributed by atoms with van der Waals surface area (Å²) in [6.45, 7) is 2.46. The van der Waals surface area contributed by atoms with Crippen molar-refractivity contribution >= 4 is 5.91 Å². The highest BCUT2D eigenvalue weighted by molar-refractivity contribution is 5.86. The third kappa shape index (κ3) is 3.91. The molecule has 3 N–H and O–H groups in total. The minimum atomic E-state index is -0.560. The number of aliphatic hydroxyl groups is 1. The molecule has 1 atom stereocenters. The van der Waals surface area contributed by atoms with Gasteiger partial charge in [0.05, 0.1) is 11.5 Å². The summed E-state index contributed by atoms with van der Waals surface area (Å²) in [5.41, 5.74) is 7.19. The van der Waals surface area contributed by atoms with Gasteiger partial charge in [-0.3, -0.25) is 4.79 Å². The minimum Gasteiger partial charge on any atom is -0.388 e. The highest BCUT2D eigenvalue weighted by Crippen LogP contribution is 2.35. The number of benzene rings is 2. The highest BCUT2D eigenvalue weighted by atomic mass is 16.3. The van der Waals surface area contributed by atoms with E-state index >= 15 is 0 Å². The molecule has 0 bridgehead atoms. The average Bonchev–Trinajstić information content (AvgIpc) is 2.67. The molecule has 0 aliphatic carbocycles. The number of amides is 1. The van der Waals surface area contributed by atoms with Crippen molar-refractivity contribution in [2.75, 3.05) is 19.6 Å². The van der Waals surface area contributed by atoms with Crippen molar-refractivity contribution in [2.24, 2.45) is 5.73 Å². The summed E-state index contributed by atoms with van der Waals surface area (Å²) in [5, 5.41) is 10.3. The normalized spacial score (nSPS) is 18.6. The van der Waals surface area contributed by atoms with Crippen molar-refractivity contribution in [1.29, 1.82) is 0 Å². The van der Waals surface area contributed by atoms with E-state index in [9.17, 15) is 9.90 Å². The molecule has 2 aromatic carbocycles. The van der Waals surface area contributed by atoms with Gasteiger partial charge in [0.1, 0.15) is 0 Å². The fourth-order valence-electron chi connectivity index (χ4n) is 3.74. The molecule has 2 aromatic rings. The van der Waals surface area contributed by atoms with Gasteiger partial charge in [0.25, 0.3) is 0 Å². The van der Waals surface area contributed by atoms with Crippen LogP contribution in [0.4, 0.5) is 0 Å². The monoisotopic (exact) mass is 338 g/mol. The van der Waals surface area contributed by atoms with Gasteiger partial charge in [-0.2, -0.15) is 0 Å². The molecule has 0 saturated carbocycles. The summed E-state index contributed by atoms with van der Waals surface area (Å²) >= 11 is 0. The van der Waals surface area contributed by atoms with Crippen molar-refractivity contribution in [3.8, 4) is 0 Å². The molecule has 1 unspecified atom stereocenters. The van der Waals surface area contributed by atoms with Gasteiger partial charge in [-0.05, 0) is 43.5 Å². The lowest BCUT2D eigenvalue weighted by Crippen LogP contribution is -2.50. The van der Waals surface area contributed by atoms with Crippen molar-refractivity contribution in [3.63, 3.8) is 0 Å². The Morgan fingerprint density at radius 1 is 1.04 bits per heavy atom. The lowest BCUT2D eigenvalue weighted by atomic mass is 9.72. The molecule has 0 spiro atoms. The molecule has 1 saturated heterocycles. The number of rotatable bonds is 6. The molecule has 1 aliphatic heterocycles. The minimum absolute atomic E-state index is 0.234. The molecule has 132 valence electrons. The molecule has 3 rings (SSSR count). The number of primary amides is 1. The molecular weight excluding hydrogens is 312 g/mol. The van der Waals surface area contributed by atoms with Gasteiger partial charge in [-0.15, -0.1) is 0 Å². The van der Waals surface area contributed by atoms with Crippen LogP contribution in [0.5, 0.6) is 0 Å². The summed E-state index contributed by atoms with van der Waals surface area (Å²) < 4.78 is 0. The lowest BCUT2D eigenvalue weighted by Gasteiger charge is -2.40. The SMILES string of the molecule is NC(=O)C1(c2ccccc2)CCN(CCC(O)c2ccccc2)CC1. The average molecular weight is 338 g/mol. The van der Waals surface area contributed by atoms with E-state index in [-0.39, 0.29) is 5.91 Å². The van der Waals surface area contributed by atoms with Crippen LogP contribution < -0.4 is 5.73 Å². The summed E-state index contributed by atoms with van der Waals surface area (Å²) in [5.74, 6) is -0.234. The van der Waals surface area contributed by atoms with Crippen LogP contribution >= 0.6 is 0 Å². The summed E-state index contributed by atoms with van der Waals surface area (Å²) in [6, 6.07) is 19.6. The molecule has 0 radical (unpaired) electrons. The standard InChI is InChI=1S/C21H26N2O2/c22-20(25)21(18-9-5-2-6-10-18)12-15-23(16-13-21)14-11-19(24)17-7-3-1-4-8-17/h1-10,19,24H,11-16H2,(H2,22,25). The topological polar surface area (TPSA) is 66.6 Å². The van der Waals surface area contributed by atoms with Gasteiger partial charge in [-0.25, -0.2) is 0 Å². The maximum atomic E-state index is 12.2. The maximum Gasteiger partial charge on any atom is 0.228 e. The second kappa shape index (κ2) is 7.81. The van der Waals surface area contributed by atoms with Crippen LogP contribution in [-0.2, 0) is 10.2 Å². The molecule has 1 aliphatic rings. The fourth-order valence-corrected chi connectivity index (χ4v) is 3.74. The summed E-state index contributed by atoms with van der Waals surface area (Å²) in [7, 11) is 0. The van der Waals surface area contributed by atoms with Gasteiger partial charge in [0, 0.05) is 6.54 Å². The number of carbonyl (C=O) groups is 1. The Kier molecular flexibility index (Phi) is 5.51. The number of hydrogen-bond acceptors (Lipinski definition) is 3. The quantitative estimate of drug-likeness (QED) is 0.851. The van der Waals surface area contributed by atoms with Crippen molar-refractivity contribution < 1.29 is 9.90 Å². The third-order valence-corrected chi connectivity index (χ3v) is 5.41. The van der Waals surface area contributed by atoms with Crippen LogP contribution in [0.25, 0.3) is 0 Å². The number of nitrogens with zero attached hydrogens (tertiary/aromatic N) is 1. The predicted octanol–water partition coefficient (Wildman–Crippen LogP) is 2.63. The van der Waals surface area contributed by atoms with E-state index in [0.29, 0.717) is 6.42 Å². The summed E-state index contributed by atoms with van der Waals surface area (Å²) in [6.07, 6.45) is 1.71. The van der Waals surface area contributed by atoms with Gasteiger partial charge in [0.2, 0.25) is 5.91 Å². The van der Waals surface area contributed by atoms with Crippen LogP contribution in [-0.4, -0.2) is 35.5 Å². The zero-order valence-electron chi connectivity index (χ0n) is 14.5. The van der Waals surface area contributed by atoms with Gasteiger partial charge >= 0.3 is 0 Å². The lowest BCUT2D eigenvalue weighted by molar-refractivity contribution is -0.125. The van der Waals surface area contributed by atoms with E-state index in [1.807, 2.05) is 60.7 Å². The summed E-state index contributed by atoms with van der Waals surface area (Å²) in [4.78, 5) is 14.5. The third-order valence-electron chi connectivity index (χ3n) is 5.41. The largest absolute Gasteiger partial charge is 0.388 e. The zero-order chi connectivity index (χ0) is 17.7. The molecular formula is C21H26N2O2. The molecule has 25 heavy (non-hydrogen) atoms. The van der Waals surface area contributed by atoms with Crippen LogP contribution in [0.2, 0.25) is 0 Å². The maximum absolute atomic E-state index is 12.2. The second-order valence-corrected chi connectivity index (χ2v) is 6.87. The Bertz CT molecular complexity index is 680. The first-order valence-electron chi connectivity index (χ1n) is 8.93. The van der Waals surface area contributed by atoms with E-state index in [2.05, 4.69) is 4.90 Å². The Balaban J connectivity index is 1.58. The van der Waals surface area contributed by atoms with E-state index < -0.39 is 11.5 Å². The van der Waals surface area contributed by atoms with E-state index in [1.165, 1.54) is 0 Å². The molecule has 1 fully saturated rings. The van der Waals surface area contributed by atoms with Crippen LogP contribution in [0.1, 0.15) is 36.5 Å². The van der Waals surface area contributed by atoms with Gasteiger partial charge in [0.15, 0.2) is 0 Å². The first kappa shape index (κ1) is 17.6. The highest BCUT2D eigenvalue weighted by Gasteiger charge is 2.41. The fraction of sp³-hybridized carbons (Fsp3) is 0.381. The number of likely N-dealkylation sites (tertiary alicyclic amines) is 1. The smallest absolute Gasteiger partial charge is 0.228 e. The number of aliphatic hydroxyl groups excluding tert-OH is 1. The number of nitrogens with two attached hydrogens (primary N) is 1. The van der Waals surface area contributed by atoms with Crippen molar-refractivity contribution in [3.05, 3.63) is 71.8 Å². The first-order valence-corrected chi connectivity index (χ1v) is 8.93. The van der Waals surface area contributed by atoms with Crippen molar-refractivity contribution in [2.45, 2.75) is 30.8 Å². The Morgan fingerprint density at radius 3 is 2.16 bits per heavy atom. The second-order valence-electron chi connectivity index (χ2n) is 6.87. The Morgan fingerprint density at radius 2 is 1.60 bits per heavy atom. The number of hydrogen-bond donors (Lipinski definition) is 2. The number of piperidine rings is 1. The van der Waals surface area contributed by atoms with Gasteiger partial charge < -0.3 is 15.7 Å². The molecule has 4 heteroatoms. The van der Waals surface area contributed by atoms with Gasteiger partial charge in [-0.1, -0.05) is 60.7 Å². The Labute approximate surface area is 149 Å². The first-order chi connectivity index (χ1) is 12.1. The molecule has 1 heterocycles. The van der Waals surface area contributed by atoms with E-state index in [0.717, 1.165) is 43.6 Å². The van der Waals surface area contributed by atoms with E-state index in [1.54, 1.807) is 0 Å². The number of carbonyl (C=O) groups excluding carboxylic acids is 1. The Hall–Kier alpha value is -2.17. The van der Waals surface area contributed by atoms with Crippen molar-refractivity contribution in [1.82, 2.24) is 4.90 Å². The predicted molar refractivity (Wildman–Crippen MR) is 99.0 cm³/mol.